The Morgan fingerprint density at radius 2 is 2.06 bits per heavy atom. The predicted molar refractivity (Wildman–Crippen MR) is 73.1 cm³/mol. The summed E-state index contributed by atoms with van der Waals surface area (Å²) >= 11 is 1.11. The maximum absolute atomic E-state index is 11.8. The highest BCUT2D eigenvalue weighted by Crippen LogP contribution is 2.29. The number of rotatable bonds is 4. The molecule has 1 aromatic rings. The third-order valence-corrected chi connectivity index (χ3v) is 4.01. The number of hydrogen-bond donors (Lipinski definition) is 2. The van der Waals surface area contributed by atoms with Gasteiger partial charge in [0.05, 0.1) is 5.69 Å². The van der Waals surface area contributed by atoms with Gasteiger partial charge in [0.1, 0.15) is 4.88 Å². The molecule has 0 saturated carbocycles. The van der Waals surface area contributed by atoms with Gasteiger partial charge in [0.2, 0.25) is 5.91 Å². The van der Waals surface area contributed by atoms with Crippen molar-refractivity contribution in [2.75, 3.05) is 5.32 Å². The van der Waals surface area contributed by atoms with E-state index in [4.69, 9.17) is 5.11 Å². The topological polar surface area (TPSA) is 66.4 Å². The van der Waals surface area contributed by atoms with E-state index in [9.17, 15) is 9.59 Å². The molecule has 5 heteroatoms. The summed E-state index contributed by atoms with van der Waals surface area (Å²) in [6.45, 7) is 8.26. The van der Waals surface area contributed by atoms with Crippen LogP contribution in [0.15, 0.2) is 11.4 Å². The summed E-state index contributed by atoms with van der Waals surface area (Å²) in [6, 6.07) is 1.62. The Morgan fingerprint density at radius 1 is 1.44 bits per heavy atom. The average Bonchev–Trinajstić information content (AvgIpc) is 2.63. The first-order valence-corrected chi connectivity index (χ1v) is 6.70. The van der Waals surface area contributed by atoms with Crippen molar-refractivity contribution in [1.82, 2.24) is 0 Å². The summed E-state index contributed by atoms with van der Waals surface area (Å²) in [4.78, 5) is 22.9. The van der Waals surface area contributed by atoms with E-state index in [0.717, 1.165) is 11.3 Å². The van der Waals surface area contributed by atoms with Gasteiger partial charge in [-0.05, 0) is 22.8 Å². The third kappa shape index (κ3) is 3.84. The number of carbonyl (C=O) groups excluding carboxylic acids is 1. The number of thiophene rings is 1. The van der Waals surface area contributed by atoms with Crippen molar-refractivity contribution in [3.05, 3.63) is 16.3 Å². The van der Waals surface area contributed by atoms with Gasteiger partial charge in [-0.2, -0.15) is 0 Å². The lowest BCUT2D eigenvalue weighted by atomic mass is 9.80. The standard InChI is InChI=1S/C13H19NO3S/c1-8(13(2,3)4)7-10(15)14-9-5-6-18-11(9)12(16)17/h5-6,8H,7H2,1-4H3,(H,14,15)(H,16,17). The molecule has 0 bridgehead atoms. The molecule has 1 unspecified atom stereocenters. The Labute approximate surface area is 111 Å². The Hall–Kier alpha value is -1.36. The van der Waals surface area contributed by atoms with Crippen LogP contribution in [0.4, 0.5) is 5.69 Å². The van der Waals surface area contributed by atoms with Gasteiger partial charge >= 0.3 is 5.97 Å². The number of carboxylic acids is 1. The summed E-state index contributed by atoms with van der Waals surface area (Å²) < 4.78 is 0. The van der Waals surface area contributed by atoms with Gasteiger partial charge < -0.3 is 10.4 Å². The van der Waals surface area contributed by atoms with E-state index in [2.05, 4.69) is 26.1 Å². The molecule has 18 heavy (non-hydrogen) atoms. The molecule has 4 nitrogen and oxygen atoms in total. The molecule has 1 amide bonds. The zero-order valence-corrected chi connectivity index (χ0v) is 11.9. The van der Waals surface area contributed by atoms with Crippen molar-refractivity contribution in [2.24, 2.45) is 11.3 Å². The molecule has 0 aliphatic heterocycles. The van der Waals surface area contributed by atoms with Crippen molar-refractivity contribution >= 4 is 28.9 Å². The monoisotopic (exact) mass is 269 g/mol. The number of hydrogen-bond acceptors (Lipinski definition) is 3. The van der Waals surface area contributed by atoms with Gasteiger partial charge in [0, 0.05) is 6.42 Å². The zero-order chi connectivity index (χ0) is 13.9. The Morgan fingerprint density at radius 3 is 2.56 bits per heavy atom. The van der Waals surface area contributed by atoms with E-state index in [-0.39, 0.29) is 22.1 Å². The average molecular weight is 269 g/mol. The molecule has 0 saturated heterocycles. The molecule has 0 aromatic carbocycles. The molecule has 0 fully saturated rings. The molecule has 1 atom stereocenters. The maximum atomic E-state index is 11.8. The van der Waals surface area contributed by atoms with E-state index in [1.54, 1.807) is 11.4 Å². The zero-order valence-electron chi connectivity index (χ0n) is 11.1. The second-order valence-electron chi connectivity index (χ2n) is 5.49. The lowest BCUT2D eigenvalue weighted by Crippen LogP contribution is -2.24. The van der Waals surface area contributed by atoms with Crippen LogP contribution in [0.2, 0.25) is 0 Å². The van der Waals surface area contributed by atoms with Crippen molar-refractivity contribution in [1.29, 1.82) is 0 Å². The molecule has 1 heterocycles. The maximum Gasteiger partial charge on any atom is 0.348 e. The fourth-order valence-electron chi connectivity index (χ4n) is 1.36. The van der Waals surface area contributed by atoms with Crippen molar-refractivity contribution < 1.29 is 14.7 Å². The highest BCUT2D eigenvalue weighted by Gasteiger charge is 2.23. The number of carboxylic acid groups (broad SMARTS) is 1. The molecule has 100 valence electrons. The van der Waals surface area contributed by atoms with Gasteiger partial charge in [-0.1, -0.05) is 27.7 Å². The smallest absolute Gasteiger partial charge is 0.348 e. The lowest BCUT2D eigenvalue weighted by Gasteiger charge is -2.26. The molecule has 1 rings (SSSR count). The summed E-state index contributed by atoms with van der Waals surface area (Å²) in [5.41, 5.74) is 0.445. The first-order valence-electron chi connectivity index (χ1n) is 5.82. The Bertz CT molecular complexity index is 445. The van der Waals surface area contributed by atoms with Crippen LogP contribution >= 0.6 is 11.3 Å². The molecule has 0 spiro atoms. The van der Waals surface area contributed by atoms with Crippen molar-refractivity contribution in [3.8, 4) is 0 Å². The van der Waals surface area contributed by atoms with Crippen molar-refractivity contribution in [2.45, 2.75) is 34.1 Å². The van der Waals surface area contributed by atoms with Gasteiger partial charge in [-0.3, -0.25) is 4.79 Å². The van der Waals surface area contributed by atoms with Gasteiger partial charge in [0.25, 0.3) is 0 Å². The van der Waals surface area contributed by atoms with E-state index < -0.39 is 5.97 Å². The minimum Gasteiger partial charge on any atom is -0.477 e. The van der Waals surface area contributed by atoms with Crippen LogP contribution in [0.1, 0.15) is 43.8 Å². The first-order chi connectivity index (χ1) is 8.21. The first kappa shape index (κ1) is 14.7. The summed E-state index contributed by atoms with van der Waals surface area (Å²) in [5, 5.41) is 13.3. The lowest BCUT2D eigenvalue weighted by molar-refractivity contribution is -0.117. The third-order valence-electron chi connectivity index (χ3n) is 3.10. The molecule has 0 aliphatic rings. The van der Waals surface area contributed by atoms with Gasteiger partial charge in [-0.15, -0.1) is 11.3 Å². The van der Waals surface area contributed by atoms with Crippen LogP contribution < -0.4 is 5.32 Å². The van der Waals surface area contributed by atoms with Crippen LogP contribution in [-0.4, -0.2) is 17.0 Å². The van der Waals surface area contributed by atoms with Gasteiger partial charge in [-0.25, -0.2) is 4.79 Å². The number of aromatic carboxylic acids is 1. The largest absolute Gasteiger partial charge is 0.477 e. The van der Waals surface area contributed by atoms with E-state index >= 15 is 0 Å². The minimum atomic E-state index is -1.01. The molecular weight excluding hydrogens is 250 g/mol. The number of anilines is 1. The number of amides is 1. The van der Waals surface area contributed by atoms with Crippen LogP contribution in [0, 0.1) is 11.3 Å². The molecular formula is C13H19NO3S. The van der Waals surface area contributed by atoms with E-state index in [0.29, 0.717) is 12.1 Å². The second kappa shape index (κ2) is 5.52. The van der Waals surface area contributed by atoms with Crippen LogP contribution in [0.3, 0.4) is 0 Å². The van der Waals surface area contributed by atoms with Crippen LogP contribution in [-0.2, 0) is 4.79 Å². The fourth-order valence-corrected chi connectivity index (χ4v) is 2.05. The molecule has 0 aliphatic carbocycles. The molecule has 1 aromatic heterocycles. The van der Waals surface area contributed by atoms with Crippen LogP contribution in [0.25, 0.3) is 0 Å². The fraction of sp³-hybridized carbons (Fsp3) is 0.538. The second-order valence-corrected chi connectivity index (χ2v) is 6.40. The number of nitrogens with one attached hydrogen (secondary N) is 1. The summed E-state index contributed by atoms with van der Waals surface area (Å²) in [7, 11) is 0. The highest BCUT2D eigenvalue weighted by atomic mass is 32.1. The Balaban J connectivity index is 2.66. The SMILES string of the molecule is CC(CC(=O)Nc1ccsc1C(=O)O)C(C)(C)C. The van der Waals surface area contributed by atoms with Crippen LogP contribution in [0.5, 0.6) is 0 Å². The van der Waals surface area contributed by atoms with E-state index in [1.165, 1.54) is 0 Å². The summed E-state index contributed by atoms with van der Waals surface area (Å²) in [6.07, 6.45) is 0.387. The van der Waals surface area contributed by atoms with Gasteiger partial charge in [0.15, 0.2) is 0 Å². The predicted octanol–water partition coefficient (Wildman–Crippen LogP) is 3.46. The molecule has 2 N–H and O–H groups in total. The highest BCUT2D eigenvalue weighted by molar-refractivity contribution is 7.12. The molecule has 0 radical (unpaired) electrons. The van der Waals surface area contributed by atoms with E-state index in [1.807, 2.05) is 6.92 Å². The Kier molecular flexibility index (Phi) is 4.51. The minimum absolute atomic E-state index is 0.0572. The number of carbonyl (C=O) groups is 2. The normalized spacial score (nSPS) is 13.1. The van der Waals surface area contributed by atoms with Crippen molar-refractivity contribution in [3.63, 3.8) is 0 Å². The quantitative estimate of drug-likeness (QED) is 0.879. The summed E-state index contributed by atoms with van der Waals surface area (Å²) in [5.74, 6) is -0.924.